The fourth-order valence-corrected chi connectivity index (χ4v) is 4.18. The van der Waals surface area contributed by atoms with Crippen molar-refractivity contribution in [3.8, 4) is 5.75 Å². The lowest BCUT2D eigenvalue weighted by Gasteiger charge is -2.28. The second-order valence-electron chi connectivity index (χ2n) is 8.01. The quantitative estimate of drug-likeness (QED) is 0.560. The number of amides is 2. The standard InChI is InChI=1S/C24H28N2O6S/c1-17(2)15-32-24(30)25(14-23(28)29)13-18-7-9-19(10-8-18)31-12-11-26-20-5-3-4-6-21(20)33-16-22(26)27/h3-10,17H,11-16H2,1-2H3,(H,28,29). The van der Waals surface area contributed by atoms with E-state index in [1.165, 1.54) is 0 Å². The molecule has 2 aromatic rings. The maximum atomic E-state index is 12.3. The van der Waals surface area contributed by atoms with Gasteiger partial charge in [0.05, 0.1) is 24.6 Å². The Morgan fingerprint density at radius 1 is 1.15 bits per heavy atom. The number of carbonyl (C=O) groups is 3. The van der Waals surface area contributed by atoms with Crippen molar-refractivity contribution in [2.24, 2.45) is 5.92 Å². The van der Waals surface area contributed by atoms with Crippen LogP contribution in [0.5, 0.6) is 5.75 Å². The number of fused-ring (bicyclic) bond motifs is 1. The second-order valence-corrected chi connectivity index (χ2v) is 9.03. The third-order valence-electron chi connectivity index (χ3n) is 4.81. The zero-order valence-corrected chi connectivity index (χ0v) is 19.5. The molecule has 1 aliphatic heterocycles. The van der Waals surface area contributed by atoms with Crippen LogP contribution in [0.1, 0.15) is 19.4 Å². The first kappa shape index (κ1) is 24.4. The van der Waals surface area contributed by atoms with E-state index >= 15 is 0 Å². The van der Waals surface area contributed by atoms with Crippen molar-refractivity contribution >= 4 is 35.4 Å². The summed E-state index contributed by atoms with van der Waals surface area (Å²) in [5, 5.41) is 9.12. The molecule has 8 nitrogen and oxygen atoms in total. The number of aliphatic carboxylic acids is 1. The predicted molar refractivity (Wildman–Crippen MR) is 126 cm³/mol. The summed E-state index contributed by atoms with van der Waals surface area (Å²) < 4.78 is 11.0. The molecule has 0 unspecified atom stereocenters. The van der Waals surface area contributed by atoms with Gasteiger partial charge in [-0.05, 0) is 35.7 Å². The van der Waals surface area contributed by atoms with Crippen LogP contribution in [0.3, 0.4) is 0 Å². The molecule has 0 saturated heterocycles. The molecule has 1 aliphatic rings. The Labute approximate surface area is 197 Å². The number of para-hydroxylation sites is 1. The van der Waals surface area contributed by atoms with Crippen molar-refractivity contribution in [1.29, 1.82) is 0 Å². The van der Waals surface area contributed by atoms with E-state index in [-0.39, 0.29) is 25.0 Å². The van der Waals surface area contributed by atoms with Crippen molar-refractivity contribution in [3.63, 3.8) is 0 Å². The number of carboxylic acid groups (broad SMARTS) is 1. The van der Waals surface area contributed by atoms with E-state index in [9.17, 15) is 14.4 Å². The molecule has 2 aromatic carbocycles. The molecule has 1 N–H and O–H groups in total. The number of ether oxygens (including phenoxy) is 2. The topological polar surface area (TPSA) is 96.4 Å². The largest absolute Gasteiger partial charge is 0.492 e. The zero-order valence-electron chi connectivity index (χ0n) is 18.7. The number of thioether (sulfide) groups is 1. The number of rotatable bonds is 10. The Morgan fingerprint density at radius 3 is 2.58 bits per heavy atom. The highest BCUT2D eigenvalue weighted by molar-refractivity contribution is 8.00. The summed E-state index contributed by atoms with van der Waals surface area (Å²) in [7, 11) is 0. The van der Waals surface area contributed by atoms with E-state index in [2.05, 4.69) is 0 Å². The Balaban J connectivity index is 1.54. The molecule has 1 heterocycles. The highest BCUT2D eigenvalue weighted by atomic mass is 32.2. The van der Waals surface area contributed by atoms with Crippen molar-refractivity contribution in [2.45, 2.75) is 25.3 Å². The second kappa shape index (κ2) is 11.6. The van der Waals surface area contributed by atoms with Crippen molar-refractivity contribution in [3.05, 3.63) is 54.1 Å². The van der Waals surface area contributed by atoms with Crippen LogP contribution in [0, 0.1) is 5.92 Å². The van der Waals surface area contributed by atoms with Crippen LogP contribution in [0.25, 0.3) is 0 Å². The number of hydrogen-bond acceptors (Lipinski definition) is 6. The molecule has 33 heavy (non-hydrogen) atoms. The van der Waals surface area contributed by atoms with E-state index in [0.29, 0.717) is 24.7 Å². The zero-order chi connectivity index (χ0) is 23.8. The van der Waals surface area contributed by atoms with Crippen LogP contribution in [0.2, 0.25) is 0 Å². The molecule has 0 aromatic heterocycles. The normalized spacial score (nSPS) is 12.9. The molecular weight excluding hydrogens is 444 g/mol. The Bertz CT molecular complexity index is 979. The van der Waals surface area contributed by atoms with Crippen LogP contribution in [-0.2, 0) is 20.9 Å². The van der Waals surface area contributed by atoms with Gasteiger partial charge >= 0.3 is 12.1 Å². The van der Waals surface area contributed by atoms with Gasteiger partial charge in [0.2, 0.25) is 5.91 Å². The minimum absolute atomic E-state index is 0.0560. The van der Waals surface area contributed by atoms with Crippen LogP contribution in [0.15, 0.2) is 53.4 Å². The molecule has 0 spiro atoms. The van der Waals surface area contributed by atoms with Crippen molar-refractivity contribution < 1.29 is 29.0 Å². The predicted octanol–water partition coefficient (Wildman–Crippen LogP) is 3.88. The first-order valence-electron chi connectivity index (χ1n) is 10.7. The minimum atomic E-state index is -1.11. The number of carboxylic acids is 1. The third-order valence-corrected chi connectivity index (χ3v) is 5.86. The average molecular weight is 473 g/mol. The Hall–Kier alpha value is -3.20. The number of benzene rings is 2. The van der Waals surface area contributed by atoms with Gasteiger partial charge in [-0.3, -0.25) is 14.5 Å². The third kappa shape index (κ3) is 7.15. The van der Waals surface area contributed by atoms with Gasteiger partial charge in [-0.2, -0.15) is 0 Å². The molecule has 2 amide bonds. The molecule has 0 atom stereocenters. The Morgan fingerprint density at radius 2 is 1.88 bits per heavy atom. The van der Waals surface area contributed by atoms with Crippen molar-refractivity contribution in [1.82, 2.24) is 4.90 Å². The maximum absolute atomic E-state index is 12.3. The SMILES string of the molecule is CC(C)COC(=O)N(CC(=O)O)Cc1ccc(OCCN2C(=O)CSc3ccccc32)cc1. The molecule has 0 bridgehead atoms. The lowest BCUT2D eigenvalue weighted by Crippen LogP contribution is -2.38. The summed E-state index contributed by atoms with van der Waals surface area (Å²) in [6.07, 6.45) is -0.656. The van der Waals surface area contributed by atoms with Gasteiger partial charge in [-0.25, -0.2) is 4.79 Å². The number of hydrogen-bond donors (Lipinski definition) is 1. The monoisotopic (exact) mass is 472 g/mol. The molecule has 0 radical (unpaired) electrons. The lowest BCUT2D eigenvalue weighted by molar-refractivity contribution is -0.138. The van der Waals surface area contributed by atoms with Gasteiger partial charge in [0, 0.05) is 11.4 Å². The average Bonchev–Trinajstić information content (AvgIpc) is 2.79. The van der Waals surface area contributed by atoms with Gasteiger partial charge in [-0.1, -0.05) is 38.1 Å². The summed E-state index contributed by atoms with van der Waals surface area (Å²) in [4.78, 5) is 39.7. The summed E-state index contributed by atoms with van der Waals surface area (Å²) in [5.41, 5.74) is 1.66. The summed E-state index contributed by atoms with van der Waals surface area (Å²) in [6.45, 7) is 4.48. The molecule has 9 heteroatoms. The van der Waals surface area contributed by atoms with Crippen LogP contribution in [0.4, 0.5) is 10.5 Å². The van der Waals surface area contributed by atoms with Crippen LogP contribution >= 0.6 is 11.8 Å². The number of carbonyl (C=O) groups excluding carboxylic acids is 2. The highest BCUT2D eigenvalue weighted by Crippen LogP contribution is 2.34. The van der Waals surface area contributed by atoms with Gasteiger partial charge in [0.25, 0.3) is 0 Å². The highest BCUT2D eigenvalue weighted by Gasteiger charge is 2.24. The molecule has 176 valence electrons. The smallest absolute Gasteiger partial charge is 0.410 e. The fraction of sp³-hybridized carbons (Fsp3) is 0.375. The fourth-order valence-electron chi connectivity index (χ4n) is 3.24. The van der Waals surface area contributed by atoms with Crippen LogP contribution in [-0.4, -0.2) is 60.0 Å². The molecule has 0 saturated carbocycles. The first-order valence-corrected chi connectivity index (χ1v) is 11.7. The number of anilines is 1. The van der Waals surface area contributed by atoms with E-state index < -0.39 is 18.6 Å². The Kier molecular flexibility index (Phi) is 8.59. The van der Waals surface area contributed by atoms with Gasteiger partial charge < -0.3 is 19.5 Å². The van der Waals surface area contributed by atoms with Crippen molar-refractivity contribution in [2.75, 3.05) is 37.0 Å². The molecule has 3 rings (SSSR count). The van der Waals surface area contributed by atoms with E-state index in [1.54, 1.807) is 40.9 Å². The van der Waals surface area contributed by atoms with E-state index in [0.717, 1.165) is 21.0 Å². The van der Waals surface area contributed by atoms with E-state index in [4.69, 9.17) is 14.6 Å². The molecular formula is C24H28N2O6S. The van der Waals surface area contributed by atoms with Gasteiger partial charge in [0.1, 0.15) is 18.9 Å². The first-order chi connectivity index (χ1) is 15.8. The maximum Gasteiger partial charge on any atom is 0.410 e. The van der Waals surface area contributed by atoms with Gasteiger partial charge in [-0.15, -0.1) is 11.8 Å². The van der Waals surface area contributed by atoms with Gasteiger partial charge in [0.15, 0.2) is 0 Å². The minimum Gasteiger partial charge on any atom is -0.492 e. The van der Waals surface area contributed by atoms with Crippen LogP contribution < -0.4 is 9.64 Å². The number of nitrogens with zero attached hydrogens (tertiary/aromatic N) is 2. The molecule has 0 aliphatic carbocycles. The lowest BCUT2D eigenvalue weighted by atomic mass is 10.2. The summed E-state index contributed by atoms with van der Waals surface area (Å²) >= 11 is 1.54. The molecule has 0 fully saturated rings. The van der Waals surface area contributed by atoms with E-state index in [1.807, 2.05) is 38.1 Å². The summed E-state index contributed by atoms with van der Waals surface area (Å²) in [5.74, 6) is 0.143. The summed E-state index contributed by atoms with van der Waals surface area (Å²) in [6, 6.07) is 14.9.